The van der Waals surface area contributed by atoms with Gasteiger partial charge in [-0.3, -0.25) is 0 Å². The maximum atomic E-state index is 5.79. The Kier molecular flexibility index (Phi) is 2.92. The molecule has 0 aliphatic carbocycles. The second-order valence-corrected chi connectivity index (χ2v) is 5.37. The van der Waals surface area contributed by atoms with E-state index in [1.54, 1.807) is 0 Å². The second-order valence-electron chi connectivity index (χ2n) is 4.52. The zero-order chi connectivity index (χ0) is 11.8. The monoisotopic (exact) mass is 294 g/mol. The molecule has 4 heteroatoms. The Bertz CT molecular complexity index is 544. The molecule has 0 bridgehead atoms. The molecule has 1 unspecified atom stereocenters. The average molecular weight is 295 g/mol. The highest BCUT2D eigenvalue weighted by Gasteiger charge is 2.19. The van der Waals surface area contributed by atoms with Gasteiger partial charge in [-0.15, -0.1) is 0 Å². The molecule has 1 aliphatic rings. The molecular formula is C13H15BrN2O. The Morgan fingerprint density at radius 1 is 1.41 bits per heavy atom. The van der Waals surface area contributed by atoms with Gasteiger partial charge in [0.15, 0.2) is 6.23 Å². The van der Waals surface area contributed by atoms with Gasteiger partial charge in [0.2, 0.25) is 0 Å². The number of aryl methyl sites for hydroxylation is 1. The van der Waals surface area contributed by atoms with E-state index in [0.29, 0.717) is 0 Å². The summed E-state index contributed by atoms with van der Waals surface area (Å²) in [5.41, 5.74) is 2.40. The summed E-state index contributed by atoms with van der Waals surface area (Å²) in [6.07, 6.45) is 5.50. The third-order valence-corrected chi connectivity index (χ3v) is 4.27. The van der Waals surface area contributed by atoms with Crippen LogP contribution in [0.1, 0.15) is 31.1 Å². The molecule has 2 heterocycles. The largest absolute Gasteiger partial charge is 0.356 e. The highest BCUT2D eigenvalue weighted by atomic mass is 79.9. The van der Waals surface area contributed by atoms with Crippen LogP contribution in [-0.4, -0.2) is 16.4 Å². The zero-order valence-electron chi connectivity index (χ0n) is 9.82. The number of nitrogens with zero attached hydrogens (tertiary/aromatic N) is 2. The number of hydrogen-bond donors (Lipinski definition) is 0. The van der Waals surface area contributed by atoms with Crippen LogP contribution in [0.15, 0.2) is 22.8 Å². The van der Waals surface area contributed by atoms with Crippen LogP contribution in [0.25, 0.3) is 10.9 Å². The molecule has 0 N–H and O–H groups in total. The lowest BCUT2D eigenvalue weighted by molar-refractivity contribution is -0.0366. The Labute approximate surface area is 109 Å². The first-order valence-electron chi connectivity index (χ1n) is 6.01. The van der Waals surface area contributed by atoms with Crippen LogP contribution in [0.4, 0.5) is 0 Å². The molecule has 17 heavy (non-hydrogen) atoms. The fraction of sp³-hybridized carbons (Fsp3) is 0.462. The summed E-state index contributed by atoms with van der Waals surface area (Å²) in [6, 6.07) is 4.19. The standard InChI is InChI=1S/C13H15BrN2O/c1-9-10-8-15-16(12(10)6-5-11(9)14)13-4-2-3-7-17-13/h5-6,8,13H,2-4,7H2,1H3. The van der Waals surface area contributed by atoms with E-state index in [1.807, 2.05) is 10.9 Å². The van der Waals surface area contributed by atoms with Gasteiger partial charge in [0.1, 0.15) is 0 Å². The number of aromatic nitrogens is 2. The number of hydrogen-bond acceptors (Lipinski definition) is 2. The van der Waals surface area contributed by atoms with Gasteiger partial charge in [-0.25, -0.2) is 4.68 Å². The molecule has 1 aromatic carbocycles. The van der Waals surface area contributed by atoms with E-state index in [4.69, 9.17) is 4.74 Å². The lowest BCUT2D eigenvalue weighted by Crippen LogP contribution is -2.18. The van der Waals surface area contributed by atoms with Crippen molar-refractivity contribution in [2.75, 3.05) is 6.61 Å². The number of halogens is 1. The molecule has 2 aromatic rings. The first-order valence-corrected chi connectivity index (χ1v) is 6.80. The summed E-state index contributed by atoms with van der Waals surface area (Å²) in [6.45, 7) is 2.96. The molecule has 3 rings (SSSR count). The first kappa shape index (κ1) is 11.2. The van der Waals surface area contributed by atoms with Gasteiger partial charge in [0, 0.05) is 16.5 Å². The Hall–Kier alpha value is -0.870. The average Bonchev–Trinajstić information content (AvgIpc) is 2.79. The van der Waals surface area contributed by atoms with Gasteiger partial charge in [-0.1, -0.05) is 15.9 Å². The van der Waals surface area contributed by atoms with Crippen LogP contribution in [0.5, 0.6) is 0 Å². The molecule has 1 aliphatic heterocycles. The van der Waals surface area contributed by atoms with E-state index in [9.17, 15) is 0 Å². The summed E-state index contributed by atoms with van der Waals surface area (Å²) in [4.78, 5) is 0. The number of benzene rings is 1. The highest BCUT2D eigenvalue weighted by Crippen LogP contribution is 2.30. The Balaban J connectivity index is 2.08. The molecule has 1 fully saturated rings. The number of ether oxygens (including phenoxy) is 1. The van der Waals surface area contributed by atoms with E-state index in [2.05, 4.69) is 40.1 Å². The molecule has 1 saturated heterocycles. The van der Waals surface area contributed by atoms with Crippen molar-refractivity contribution >= 4 is 26.8 Å². The van der Waals surface area contributed by atoms with Crippen LogP contribution >= 0.6 is 15.9 Å². The predicted octanol–water partition coefficient (Wildman–Crippen LogP) is 3.81. The van der Waals surface area contributed by atoms with Crippen LogP contribution in [0, 0.1) is 6.92 Å². The molecule has 1 atom stereocenters. The predicted molar refractivity (Wildman–Crippen MR) is 71.0 cm³/mol. The third-order valence-electron chi connectivity index (χ3n) is 3.41. The van der Waals surface area contributed by atoms with E-state index in [0.717, 1.165) is 23.0 Å². The van der Waals surface area contributed by atoms with Crippen molar-refractivity contribution in [3.05, 3.63) is 28.4 Å². The zero-order valence-corrected chi connectivity index (χ0v) is 11.4. The van der Waals surface area contributed by atoms with Gasteiger partial charge in [0.25, 0.3) is 0 Å². The van der Waals surface area contributed by atoms with Crippen molar-refractivity contribution in [2.24, 2.45) is 0 Å². The summed E-state index contributed by atoms with van der Waals surface area (Å²) < 4.78 is 8.94. The van der Waals surface area contributed by atoms with E-state index in [1.165, 1.54) is 23.8 Å². The number of fused-ring (bicyclic) bond motifs is 1. The number of rotatable bonds is 1. The minimum absolute atomic E-state index is 0.113. The molecule has 0 radical (unpaired) electrons. The maximum absolute atomic E-state index is 5.79. The molecule has 1 aromatic heterocycles. The van der Waals surface area contributed by atoms with Crippen molar-refractivity contribution in [2.45, 2.75) is 32.4 Å². The van der Waals surface area contributed by atoms with Gasteiger partial charge >= 0.3 is 0 Å². The molecule has 90 valence electrons. The van der Waals surface area contributed by atoms with Gasteiger partial charge in [0.05, 0.1) is 11.7 Å². The van der Waals surface area contributed by atoms with Crippen LogP contribution in [-0.2, 0) is 4.74 Å². The molecule has 0 spiro atoms. The topological polar surface area (TPSA) is 27.1 Å². The Morgan fingerprint density at radius 2 is 2.29 bits per heavy atom. The SMILES string of the molecule is Cc1c(Br)ccc2c1cnn2C1CCCCO1. The fourth-order valence-corrected chi connectivity index (χ4v) is 2.72. The summed E-state index contributed by atoms with van der Waals surface area (Å²) in [5.74, 6) is 0. The van der Waals surface area contributed by atoms with Crippen molar-refractivity contribution in [1.82, 2.24) is 9.78 Å². The van der Waals surface area contributed by atoms with Crippen LogP contribution < -0.4 is 0 Å². The highest BCUT2D eigenvalue weighted by molar-refractivity contribution is 9.10. The molecular weight excluding hydrogens is 280 g/mol. The van der Waals surface area contributed by atoms with Crippen molar-refractivity contribution in [1.29, 1.82) is 0 Å². The maximum Gasteiger partial charge on any atom is 0.150 e. The lowest BCUT2D eigenvalue weighted by atomic mass is 10.1. The molecule has 0 saturated carbocycles. The molecule has 3 nitrogen and oxygen atoms in total. The smallest absolute Gasteiger partial charge is 0.150 e. The van der Waals surface area contributed by atoms with Gasteiger partial charge in [-0.2, -0.15) is 5.10 Å². The second kappa shape index (κ2) is 4.42. The minimum Gasteiger partial charge on any atom is -0.356 e. The van der Waals surface area contributed by atoms with Crippen LogP contribution in [0.2, 0.25) is 0 Å². The summed E-state index contributed by atoms with van der Waals surface area (Å²) in [5, 5.41) is 5.69. The quantitative estimate of drug-likeness (QED) is 0.800. The molecule has 0 amide bonds. The van der Waals surface area contributed by atoms with Crippen molar-refractivity contribution in [3.8, 4) is 0 Å². The van der Waals surface area contributed by atoms with Crippen molar-refractivity contribution < 1.29 is 4.74 Å². The first-order chi connectivity index (χ1) is 8.27. The minimum atomic E-state index is 0.113. The van der Waals surface area contributed by atoms with Gasteiger partial charge in [-0.05, 0) is 43.9 Å². The summed E-state index contributed by atoms with van der Waals surface area (Å²) >= 11 is 3.55. The van der Waals surface area contributed by atoms with Gasteiger partial charge < -0.3 is 4.74 Å². The lowest BCUT2D eigenvalue weighted by Gasteiger charge is -2.23. The fourth-order valence-electron chi connectivity index (χ4n) is 2.38. The van der Waals surface area contributed by atoms with E-state index >= 15 is 0 Å². The van der Waals surface area contributed by atoms with E-state index in [-0.39, 0.29) is 6.23 Å². The third kappa shape index (κ3) is 1.89. The normalized spacial score (nSPS) is 20.9. The summed E-state index contributed by atoms with van der Waals surface area (Å²) in [7, 11) is 0. The van der Waals surface area contributed by atoms with E-state index < -0.39 is 0 Å². The van der Waals surface area contributed by atoms with Crippen molar-refractivity contribution in [3.63, 3.8) is 0 Å². The van der Waals surface area contributed by atoms with Crippen LogP contribution in [0.3, 0.4) is 0 Å². The Morgan fingerprint density at radius 3 is 3.06 bits per heavy atom.